The van der Waals surface area contributed by atoms with Crippen molar-refractivity contribution in [3.05, 3.63) is 59.7 Å². The van der Waals surface area contributed by atoms with Gasteiger partial charge < -0.3 is 10.6 Å². The van der Waals surface area contributed by atoms with Crippen LogP contribution >= 0.6 is 23.1 Å². The normalized spacial score (nSPS) is 16.5. The zero-order valence-corrected chi connectivity index (χ0v) is 15.6. The quantitative estimate of drug-likeness (QED) is 0.703. The smallest absolute Gasteiger partial charge is 0.240 e. The number of thioether (sulfide) groups is 1. The molecule has 26 heavy (non-hydrogen) atoms. The third kappa shape index (κ3) is 3.32. The fraction of sp³-hybridized carbons (Fsp3) is 0.211. The lowest BCUT2D eigenvalue weighted by atomic mass is 9.93. The maximum atomic E-state index is 12.8. The van der Waals surface area contributed by atoms with Crippen molar-refractivity contribution in [1.29, 1.82) is 0 Å². The van der Waals surface area contributed by atoms with Gasteiger partial charge >= 0.3 is 0 Å². The van der Waals surface area contributed by atoms with Crippen LogP contribution < -0.4 is 5.73 Å². The molecule has 0 spiro atoms. The molecule has 3 aromatic rings. The molecule has 2 heterocycles. The first kappa shape index (κ1) is 17.1. The van der Waals surface area contributed by atoms with Gasteiger partial charge in [-0.3, -0.25) is 9.59 Å². The molecule has 7 heteroatoms. The van der Waals surface area contributed by atoms with Gasteiger partial charge in [0.15, 0.2) is 4.34 Å². The Morgan fingerprint density at radius 1 is 1.15 bits per heavy atom. The summed E-state index contributed by atoms with van der Waals surface area (Å²) in [5.41, 5.74) is 8.66. The van der Waals surface area contributed by atoms with Crippen LogP contribution in [0.25, 0.3) is 10.2 Å². The van der Waals surface area contributed by atoms with Gasteiger partial charge in [-0.25, -0.2) is 4.98 Å². The van der Waals surface area contributed by atoms with Crippen LogP contribution in [0.4, 0.5) is 0 Å². The first-order valence-corrected chi connectivity index (χ1v) is 10.1. The molecule has 2 N–H and O–H groups in total. The monoisotopic (exact) mass is 383 g/mol. The van der Waals surface area contributed by atoms with Crippen LogP contribution in [0.2, 0.25) is 0 Å². The zero-order chi connectivity index (χ0) is 18.1. The Morgan fingerprint density at radius 2 is 1.88 bits per heavy atom. The van der Waals surface area contributed by atoms with E-state index in [1.54, 1.807) is 16.2 Å². The summed E-state index contributed by atoms with van der Waals surface area (Å²) in [6, 6.07) is 15.2. The lowest BCUT2D eigenvalue weighted by molar-refractivity contribution is -0.138. The van der Waals surface area contributed by atoms with E-state index in [0.717, 1.165) is 25.7 Å². The van der Waals surface area contributed by atoms with Crippen LogP contribution in [-0.2, 0) is 22.6 Å². The molecule has 0 fully saturated rings. The highest BCUT2D eigenvalue weighted by atomic mass is 32.2. The molecule has 0 aliphatic carbocycles. The van der Waals surface area contributed by atoms with E-state index in [0.29, 0.717) is 13.0 Å². The third-order valence-corrected chi connectivity index (χ3v) is 6.65. The van der Waals surface area contributed by atoms with E-state index in [1.807, 2.05) is 48.5 Å². The highest BCUT2D eigenvalue weighted by molar-refractivity contribution is 8.01. The molecule has 2 aromatic carbocycles. The van der Waals surface area contributed by atoms with Crippen molar-refractivity contribution in [3.63, 3.8) is 0 Å². The summed E-state index contributed by atoms with van der Waals surface area (Å²) in [6.45, 7) is 0.420. The van der Waals surface area contributed by atoms with Crippen molar-refractivity contribution >= 4 is 45.1 Å². The number of thiazole rings is 1. The van der Waals surface area contributed by atoms with Gasteiger partial charge in [-0.05, 0) is 23.3 Å². The van der Waals surface area contributed by atoms with Gasteiger partial charge in [0.1, 0.15) is 6.04 Å². The van der Waals surface area contributed by atoms with E-state index in [9.17, 15) is 9.59 Å². The van der Waals surface area contributed by atoms with Crippen LogP contribution in [0, 0.1) is 0 Å². The molecule has 0 saturated heterocycles. The van der Waals surface area contributed by atoms with Crippen molar-refractivity contribution in [3.8, 4) is 0 Å². The molecular formula is C19H17N3O2S2. The van der Waals surface area contributed by atoms with Gasteiger partial charge in [-0.2, -0.15) is 0 Å². The maximum Gasteiger partial charge on any atom is 0.240 e. The number of primary amides is 1. The number of nitrogens with two attached hydrogens (primary N) is 1. The Labute approximate surface area is 159 Å². The SMILES string of the molecule is NC(=O)[C@H]1Cc2ccccc2CN1C(=O)CSc1nc2ccccc2s1. The highest BCUT2D eigenvalue weighted by Gasteiger charge is 2.33. The number of amides is 2. The largest absolute Gasteiger partial charge is 0.368 e. The molecule has 1 atom stereocenters. The summed E-state index contributed by atoms with van der Waals surface area (Å²) in [5, 5.41) is 0. The number of carbonyl (C=O) groups is 2. The average molecular weight is 383 g/mol. The summed E-state index contributed by atoms with van der Waals surface area (Å²) in [4.78, 5) is 30.8. The van der Waals surface area contributed by atoms with E-state index in [2.05, 4.69) is 4.98 Å². The summed E-state index contributed by atoms with van der Waals surface area (Å²) < 4.78 is 1.96. The van der Waals surface area contributed by atoms with Gasteiger partial charge in [0.2, 0.25) is 11.8 Å². The van der Waals surface area contributed by atoms with Gasteiger partial charge in [0.25, 0.3) is 0 Å². The molecule has 2 amide bonds. The number of benzene rings is 2. The first-order chi connectivity index (χ1) is 12.6. The molecule has 5 nitrogen and oxygen atoms in total. The number of aromatic nitrogens is 1. The topological polar surface area (TPSA) is 76.3 Å². The summed E-state index contributed by atoms with van der Waals surface area (Å²) >= 11 is 2.98. The third-order valence-electron chi connectivity index (χ3n) is 4.49. The Kier molecular flexibility index (Phi) is 4.65. The van der Waals surface area contributed by atoms with Crippen molar-refractivity contribution in [2.24, 2.45) is 5.73 Å². The molecule has 4 rings (SSSR count). The maximum absolute atomic E-state index is 12.8. The molecule has 0 radical (unpaired) electrons. The lowest BCUT2D eigenvalue weighted by Gasteiger charge is -2.35. The lowest BCUT2D eigenvalue weighted by Crippen LogP contribution is -2.51. The summed E-state index contributed by atoms with van der Waals surface area (Å²) in [7, 11) is 0. The van der Waals surface area contributed by atoms with Crippen LogP contribution in [0.5, 0.6) is 0 Å². The molecule has 0 unspecified atom stereocenters. The van der Waals surface area contributed by atoms with Gasteiger partial charge in [-0.1, -0.05) is 48.2 Å². The summed E-state index contributed by atoms with van der Waals surface area (Å²) in [6.07, 6.45) is 0.475. The Hall–Kier alpha value is -2.38. The minimum atomic E-state index is -0.589. The molecule has 1 aliphatic rings. The van der Waals surface area contributed by atoms with E-state index < -0.39 is 11.9 Å². The summed E-state index contributed by atoms with van der Waals surface area (Å²) in [5.74, 6) is -0.309. The minimum absolute atomic E-state index is 0.0902. The first-order valence-electron chi connectivity index (χ1n) is 8.26. The van der Waals surface area contributed by atoms with E-state index in [-0.39, 0.29) is 11.7 Å². The minimum Gasteiger partial charge on any atom is -0.368 e. The van der Waals surface area contributed by atoms with Crippen molar-refractivity contribution in [1.82, 2.24) is 9.88 Å². The number of rotatable bonds is 4. The van der Waals surface area contributed by atoms with E-state index >= 15 is 0 Å². The predicted molar refractivity (Wildman–Crippen MR) is 104 cm³/mol. The standard InChI is InChI=1S/C19H17N3O2S2/c20-18(24)15-9-12-5-1-2-6-13(12)10-22(15)17(23)11-25-19-21-14-7-3-4-8-16(14)26-19/h1-8,15H,9-11H2,(H2,20,24)/t15-/m1/s1. The van der Waals surface area contributed by atoms with Crippen molar-refractivity contribution in [2.75, 3.05) is 5.75 Å². The second-order valence-electron chi connectivity index (χ2n) is 6.15. The second kappa shape index (κ2) is 7.09. The zero-order valence-electron chi connectivity index (χ0n) is 13.9. The fourth-order valence-electron chi connectivity index (χ4n) is 3.16. The molecule has 132 valence electrons. The Morgan fingerprint density at radius 3 is 2.65 bits per heavy atom. The van der Waals surface area contributed by atoms with Gasteiger partial charge in [-0.15, -0.1) is 11.3 Å². The number of fused-ring (bicyclic) bond motifs is 2. The molecular weight excluding hydrogens is 366 g/mol. The Bertz CT molecular complexity index is 953. The van der Waals surface area contributed by atoms with Gasteiger partial charge in [0, 0.05) is 13.0 Å². The van der Waals surface area contributed by atoms with E-state index in [1.165, 1.54) is 11.8 Å². The van der Waals surface area contributed by atoms with Crippen LogP contribution in [0.15, 0.2) is 52.9 Å². The number of hydrogen-bond acceptors (Lipinski definition) is 5. The average Bonchev–Trinajstić information content (AvgIpc) is 3.08. The van der Waals surface area contributed by atoms with Crippen LogP contribution in [0.1, 0.15) is 11.1 Å². The molecule has 0 saturated carbocycles. The van der Waals surface area contributed by atoms with E-state index in [4.69, 9.17) is 5.73 Å². The number of carbonyl (C=O) groups excluding carboxylic acids is 2. The molecule has 0 bridgehead atoms. The number of hydrogen-bond donors (Lipinski definition) is 1. The fourth-order valence-corrected chi connectivity index (χ4v) is 5.11. The van der Waals surface area contributed by atoms with Gasteiger partial charge in [0.05, 0.1) is 16.0 Å². The molecule has 1 aromatic heterocycles. The highest BCUT2D eigenvalue weighted by Crippen LogP contribution is 2.30. The number of nitrogens with zero attached hydrogens (tertiary/aromatic N) is 2. The van der Waals surface area contributed by atoms with Crippen molar-refractivity contribution in [2.45, 2.75) is 23.3 Å². The Balaban J connectivity index is 1.50. The number of para-hydroxylation sites is 1. The molecule has 1 aliphatic heterocycles. The second-order valence-corrected chi connectivity index (χ2v) is 8.40. The predicted octanol–water partition coefficient (Wildman–Crippen LogP) is 2.83. The van der Waals surface area contributed by atoms with Crippen LogP contribution in [0.3, 0.4) is 0 Å². The van der Waals surface area contributed by atoms with Crippen molar-refractivity contribution < 1.29 is 9.59 Å². The van der Waals surface area contributed by atoms with Crippen LogP contribution in [-0.4, -0.2) is 33.5 Å².